The van der Waals surface area contributed by atoms with Crippen molar-refractivity contribution in [2.75, 3.05) is 5.32 Å². The highest BCUT2D eigenvalue weighted by atomic mass is 16.2. The van der Waals surface area contributed by atoms with E-state index in [4.69, 9.17) is 0 Å². The van der Waals surface area contributed by atoms with E-state index in [9.17, 15) is 4.79 Å². The number of carbonyl (C=O) groups is 1. The molecule has 0 spiro atoms. The van der Waals surface area contributed by atoms with E-state index in [1.165, 1.54) is 5.56 Å². The number of anilines is 2. The van der Waals surface area contributed by atoms with Crippen LogP contribution in [0.5, 0.6) is 0 Å². The van der Waals surface area contributed by atoms with Crippen LogP contribution in [0.1, 0.15) is 27.2 Å². The van der Waals surface area contributed by atoms with Crippen molar-refractivity contribution in [3.05, 3.63) is 89.3 Å². The second-order valence-electron chi connectivity index (χ2n) is 6.01. The minimum absolute atomic E-state index is 0.247. The molecule has 1 aliphatic rings. The number of nitrogens with zero attached hydrogens (tertiary/aromatic N) is 1. The SMILES string of the molecule is O=C(NN=Cc1c[nH]c2c1CC=C2)c1cccc(Nc2ccccc2)c1. The highest BCUT2D eigenvalue weighted by Crippen LogP contribution is 2.21. The van der Waals surface area contributed by atoms with E-state index in [0.29, 0.717) is 5.56 Å². The molecule has 4 rings (SSSR count). The molecular formula is C21H18N4O. The molecule has 0 unspecified atom stereocenters. The van der Waals surface area contributed by atoms with Crippen molar-refractivity contribution >= 4 is 29.6 Å². The van der Waals surface area contributed by atoms with Gasteiger partial charge in [-0.25, -0.2) is 5.43 Å². The van der Waals surface area contributed by atoms with Crippen molar-refractivity contribution < 1.29 is 4.79 Å². The number of hydrazone groups is 1. The monoisotopic (exact) mass is 342 g/mol. The van der Waals surface area contributed by atoms with Gasteiger partial charge in [0.1, 0.15) is 0 Å². The molecule has 1 aromatic heterocycles. The lowest BCUT2D eigenvalue weighted by molar-refractivity contribution is 0.0955. The molecule has 0 atom stereocenters. The van der Waals surface area contributed by atoms with Gasteiger partial charge in [-0.1, -0.05) is 30.3 Å². The van der Waals surface area contributed by atoms with Crippen LogP contribution in [0.3, 0.4) is 0 Å². The van der Waals surface area contributed by atoms with Gasteiger partial charge in [-0.15, -0.1) is 0 Å². The smallest absolute Gasteiger partial charge is 0.271 e. The van der Waals surface area contributed by atoms with Crippen LogP contribution < -0.4 is 10.7 Å². The number of H-pyrrole nitrogens is 1. The van der Waals surface area contributed by atoms with E-state index < -0.39 is 0 Å². The molecule has 128 valence electrons. The van der Waals surface area contributed by atoms with Crippen LogP contribution in [-0.2, 0) is 6.42 Å². The molecular weight excluding hydrogens is 324 g/mol. The minimum Gasteiger partial charge on any atom is -0.361 e. The third kappa shape index (κ3) is 3.42. The molecule has 1 aliphatic carbocycles. The summed E-state index contributed by atoms with van der Waals surface area (Å²) < 4.78 is 0. The molecule has 3 aromatic rings. The molecule has 5 heteroatoms. The van der Waals surface area contributed by atoms with Gasteiger partial charge in [0.2, 0.25) is 0 Å². The zero-order chi connectivity index (χ0) is 17.8. The second kappa shape index (κ2) is 7.11. The first kappa shape index (κ1) is 15.9. The number of amides is 1. The first-order valence-electron chi connectivity index (χ1n) is 8.42. The maximum Gasteiger partial charge on any atom is 0.271 e. The Labute approximate surface area is 151 Å². The molecule has 0 saturated carbocycles. The lowest BCUT2D eigenvalue weighted by Gasteiger charge is -2.07. The highest BCUT2D eigenvalue weighted by molar-refractivity contribution is 5.96. The van der Waals surface area contributed by atoms with Crippen LogP contribution in [0.2, 0.25) is 0 Å². The fourth-order valence-electron chi connectivity index (χ4n) is 2.92. The van der Waals surface area contributed by atoms with Crippen LogP contribution >= 0.6 is 0 Å². The molecule has 0 radical (unpaired) electrons. The van der Waals surface area contributed by atoms with E-state index in [2.05, 4.69) is 33.0 Å². The van der Waals surface area contributed by atoms with Crippen molar-refractivity contribution in [2.45, 2.75) is 6.42 Å². The molecule has 2 aromatic carbocycles. The highest BCUT2D eigenvalue weighted by Gasteiger charge is 2.11. The van der Waals surface area contributed by atoms with Gasteiger partial charge in [-0.2, -0.15) is 5.10 Å². The largest absolute Gasteiger partial charge is 0.361 e. The molecule has 0 saturated heterocycles. The first-order valence-corrected chi connectivity index (χ1v) is 8.42. The molecule has 0 bridgehead atoms. The fraction of sp³-hybridized carbons (Fsp3) is 0.0476. The lowest BCUT2D eigenvalue weighted by atomic mass is 10.1. The topological polar surface area (TPSA) is 69.3 Å². The molecule has 3 N–H and O–H groups in total. The summed E-state index contributed by atoms with van der Waals surface area (Å²) in [5.74, 6) is -0.247. The summed E-state index contributed by atoms with van der Waals surface area (Å²) in [4.78, 5) is 15.5. The number of hydrogen-bond acceptors (Lipinski definition) is 3. The van der Waals surface area contributed by atoms with Gasteiger partial charge in [-0.3, -0.25) is 4.79 Å². The molecule has 5 nitrogen and oxygen atoms in total. The van der Waals surface area contributed by atoms with Crippen molar-refractivity contribution in [1.82, 2.24) is 10.4 Å². The van der Waals surface area contributed by atoms with E-state index >= 15 is 0 Å². The Bertz CT molecular complexity index is 986. The third-order valence-corrected chi connectivity index (χ3v) is 4.22. The summed E-state index contributed by atoms with van der Waals surface area (Å²) in [6.45, 7) is 0. The number of rotatable bonds is 5. The second-order valence-corrected chi connectivity index (χ2v) is 6.01. The quantitative estimate of drug-likeness (QED) is 0.483. The number of aromatic amines is 1. The summed E-state index contributed by atoms with van der Waals surface area (Å²) in [5.41, 5.74) is 8.26. The normalized spacial score (nSPS) is 12.3. The number of hydrogen-bond donors (Lipinski definition) is 3. The van der Waals surface area contributed by atoms with Crippen molar-refractivity contribution in [3.8, 4) is 0 Å². The number of para-hydroxylation sites is 1. The average molecular weight is 342 g/mol. The molecule has 1 heterocycles. The number of benzene rings is 2. The number of aromatic nitrogens is 1. The van der Waals surface area contributed by atoms with Gasteiger partial charge in [0.25, 0.3) is 5.91 Å². The summed E-state index contributed by atoms with van der Waals surface area (Å²) in [5, 5.41) is 7.36. The van der Waals surface area contributed by atoms with Crippen LogP contribution in [0, 0.1) is 0 Å². The average Bonchev–Trinajstić information content (AvgIpc) is 3.27. The molecule has 26 heavy (non-hydrogen) atoms. The number of fused-ring (bicyclic) bond motifs is 1. The van der Waals surface area contributed by atoms with Gasteiger partial charge < -0.3 is 10.3 Å². The Balaban J connectivity index is 1.41. The molecule has 1 amide bonds. The Morgan fingerprint density at radius 3 is 2.81 bits per heavy atom. The van der Waals surface area contributed by atoms with Crippen LogP contribution in [0.25, 0.3) is 6.08 Å². The number of allylic oxidation sites excluding steroid dienone is 1. The Morgan fingerprint density at radius 2 is 1.92 bits per heavy atom. The van der Waals surface area contributed by atoms with Gasteiger partial charge in [0.05, 0.1) is 6.21 Å². The van der Waals surface area contributed by atoms with Gasteiger partial charge in [0, 0.05) is 34.4 Å². The Hall–Kier alpha value is -3.60. The standard InChI is InChI=1S/C21H18N4O/c26-21(25-23-14-16-13-22-20-11-5-10-19(16)20)15-6-4-9-18(12-15)24-17-7-2-1-3-8-17/h1-9,11-14,22,24H,10H2,(H,25,26). The van der Waals surface area contributed by atoms with Gasteiger partial charge >= 0.3 is 0 Å². The van der Waals surface area contributed by atoms with E-state index in [1.807, 2.05) is 48.7 Å². The number of nitrogens with one attached hydrogen (secondary N) is 3. The number of carbonyl (C=O) groups excluding carboxylic acids is 1. The zero-order valence-electron chi connectivity index (χ0n) is 14.1. The zero-order valence-corrected chi connectivity index (χ0v) is 14.1. The van der Waals surface area contributed by atoms with Crippen LogP contribution in [-0.4, -0.2) is 17.1 Å². The van der Waals surface area contributed by atoms with E-state index in [0.717, 1.165) is 29.1 Å². The third-order valence-electron chi connectivity index (χ3n) is 4.22. The molecule has 0 aliphatic heterocycles. The fourth-order valence-corrected chi connectivity index (χ4v) is 2.92. The lowest BCUT2D eigenvalue weighted by Crippen LogP contribution is -2.17. The Kier molecular flexibility index (Phi) is 4.35. The maximum atomic E-state index is 12.3. The van der Waals surface area contributed by atoms with Crippen LogP contribution in [0.15, 0.2) is 72.0 Å². The summed E-state index contributed by atoms with van der Waals surface area (Å²) in [6, 6.07) is 17.2. The molecule has 0 fully saturated rings. The Morgan fingerprint density at radius 1 is 1.08 bits per heavy atom. The van der Waals surface area contributed by atoms with Gasteiger partial charge in [-0.05, 0) is 48.4 Å². The van der Waals surface area contributed by atoms with E-state index in [1.54, 1.807) is 18.3 Å². The predicted octanol–water partition coefficient (Wildman–Crippen LogP) is 4.09. The van der Waals surface area contributed by atoms with Gasteiger partial charge in [0.15, 0.2) is 0 Å². The van der Waals surface area contributed by atoms with E-state index in [-0.39, 0.29) is 5.91 Å². The predicted molar refractivity (Wildman–Crippen MR) is 105 cm³/mol. The van der Waals surface area contributed by atoms with Crippen molar-refractivity contribution in [3.63, 3.8) is 0 Å². The summed E-state index contributed by atoms with van der Waals surface area (Å²) in [7, 11) is 0. The summed E-state index contributed by atoms with van der Waals surface area (Å²) >= 11 is 0. The first-order chi connectivity index (χ1) is 12.8. The maximum absolute atomic E-state index is 12.3. The summed E-state index contributed by atoms with van der Waals surface area (Å²) in [6.07, 6.45) is 8.61. The van der Waals surface area contributed by atoms with Crippen molar-refractivity contribution in [1.29, 1.82) is 0 Å². The van der Waals surface area contributed by atoms with Crippen LogP contribution in [0.4, 0.5) is 11.4 Å². The van der Waals surface area contributed by atoms with Crippen molar-refractivity contribution in [2.24, 2.45) is 5.10 Å². The minimum atomic E-state index is -0.247.